The van der Waals surface area contributed by atoms with E-state index in [9.17, 15) is 9.50 Å². The average molecular weight is 318 g/mol. The van der Waals surface area contributed by atoms with Gasteiger partial charge in [-0.15, -0.1) is 0 Å². The summed E-state index contributed by atoms with van der Waals surface area (Å²) in [4.78, 5) is 2.05. The van der Waals surface area contributed by atoms with Crippen LogP contribution in [0.5, 0.6) is 0 Å². The van der Waals surface area contributed by atoms with Crippen molar-refractivity contribution in [2.45, 2.75) is 20.4 Å². The summed E-state index contributed by atoms with van der Waals surface area (Å²) in [6.07, 6.45) is 0. The molecular formula is C14H21BrFNO. The molecule has 1 atom stereocenters. The van der Waals surface area contributed by atoms with E-state index in [0.717, 1.165) is 11.0 Å². The summed E-state index contributed by atoms with van der Waals surface area (Å²) < 4.78 is 14.5. The van der Waals surface area contributed by atoms with E-state index in [4.69, 9.17) is 0 Å². The molecule has 1 rings (SSSR count). The minimum atomic E-state index is -0.185. The Bertz CT molecular complexity index is 384. The first kappa shape index (κ1) is 15.6. The maximum Gasteiger partial charge on any atom is 0.127 e. The summed E-state index contributed by atoms with van der Waals surface area (Å²) in [5.41, 5.74) is 0.673. The fourth-order valence-electron chi connectivity index (χ4n) is 1.90. The number of hydrogen-bond acceptors (Lipinski definition) is 2. The molecular weight excluding hydrogens is 297 g/mol. The van der Waals surface area contributed by atoms with Gasteiger partial charge < -0.3 is 10.0 Å². The lowest BCUT2D eigenvalue weighted by Gasteiger charge is -2.25. The number of aliphatic hydroxyl groups excluding tert-OH is 1. The number of aliphatic hydroxyl groups is 1. The molecule has 1 unspecified atom stereocenters. The van der Waals surface area contributed by atoms with Crippen molar-refractivity contribution >= 4 is 15.9 Å². The van der Waals surface area contributed by atoms with Gasteiger partial charge in [0.15, 0.2) is 0 Å². The molecule has 0 aliphatic heterocycles. The van der Waals surface area contributed by atoms with E-state index in [0.29, 0.717) is 18.0 Å². The highest BCUT2D eigenvalue weighted by molar-refractivity contribution is 9.10. The van der Waals surface area contributed by atoms with Gasteiger partial charge in [0, 0.05) is 29.7 Å². The van der Waals surface area contributed by atoms with Crippen LogP contribution in [0.1, 0.15) is 19.4 Å². The Morgan fingerprint density at radius 3 is 2.61 bits per heavy atom. The van der Waals surface area contributed by atoms with Crippen molar-refractivity contribution in [3.63, 3.8) is 0 Å². The van der Waals surface area contributed by atoms with Gasteiger partial charge in [0.1, 0.15) is 5.82 Å². The summed E-state index contributed by atoms with van der Waals surface area (Å²) >= 11 is 3.35. The Balaban J connectivity index is 2.63. The van der Waals surface area contributed by atoms with Crippen molar-refractivity contribution in [2.75, 3.05) is 20.2 Å². The van der Waals surface area contributed by atoms with Crippen molar-refractivity contribution < 1.29 is 9.50 Å². The lowest BCUT2D eigenvalue weighted by atomic mass is 9.96. The first-order valence-corrected chi connectivity index (χ1v) is 6.96. The minimum Gasteiger partial charge on any atom is -0.396 e. The van der Waals surface area contributed by atoms with Gasteiger partial charge in [0.25, 0.3) is 0 Å². The molecule has 4 heteroatoms. The first-order valence-electron chi connectivity index (χ1n) is 6.17. The third-order valence-electron chi connectivity index (χ3n) is 3.17. The van der Waals surface area contributed by atoms with Crippen LogP contribution in [-0.2, 0) is 6.54 Å². The Kier molecular flexibility index (Phi) is 6.26. The summed E-state index contributed by atoms with van der Waals surface area (Å²) in [7, 11) is 1.95. The molecule has 0 bridgehead atoms. The summed E-state index contributed by atoms with van der Waals surface area (Å²) in [6.45, 7) is 5.67. The highest BCUT2D eigenvalue weighted by Crippen LogP contribution is 2.18. The van der Waals surface area contributed by atoms with E-state index in [1.165, 1.54) is 6.07 Å². The maximum atomic E-state index is 13.6. The number of benzene rings is 1. The van der Waals surface area contributed by atoms with E-state index in [2.05, 4.69) is 29.8 Å². The topological polar surface area (TPSA) is 23.5 Å². The monoisotopic (exact) mass is 317 g/mol. The zero-order valence-corrected chi connectivity index (χ0v) is 12.7. The highest BCUT2D eigenvalue weighted by Gasteiger charge is 2.15. The average Bonchev–Trinajstić information content (AvgIpc) is 2.30. The minimum absolute atomic E-state index is 0.170. The van der Waals surface area contributed by atoms with Crippen LogP contribution < -0.4 is 0 Å². The lowest BCUT2D eigenvalue weighted by molar-refractivity contribution is 0.143. The molecule has 1 aromatic rings. The Morgan fingerprint density at radius 2 is 2.06 bits per heavy atom. The van der Waals surface area contributed by atoms with Crippen LogP contribution in [0.4, 0.5) is 4.39 Å². The van der Waals surface area contributed by atoms with Crippen molar-refractivity contribution in [3.05, 3.63) is 34.1 Å². The zero-order valence-electron chi connectivity index (χ0n) is 11.2. The van der Waals surface area contributed by atoms with Gasteiger partial charge in [-0.25, -0.2) is 4.39 Å². The number of nitrogens with zero attached hydrogens (tertiary/aromatic N) is 1. The molecule has 0 aliphatic rings. The Morgan fingerprint density at radius 1 is 1.39 bits per heavy atom. The van der Waals surface area contributed by atoms with Gasteiger partial charge in [0.2, 0.25) is 0 Å². The van der Waals surface area contributed by atoms with Crippen molar-refractivity contribution in [1.29, 1.82) is 0 Å². The summed E-state index contributed by atoms with van der Waals surface area (Å²) in [5, 5.41) is 9.30. The van der Waals surface area contributed by atoms with Crippen LogP contribution in [0.25, 0.3) is 0 Å². The molecule has 0 radical (unpaired) electrons. The van der Waals surface area contributed by atoms with E-state index in [1.807, 2.05) is 11.9 Å². The van der Waals surface area contributed by atoms with E-state index in [-0.39, 0.29) is 18.3 Å². The Labute approximate surface area is 117 Å². The molecule has 0 spiro atoms. The predicted molar refractivity (Wildman–Crippen MR) is 75.8 cm³/mol. The third-order valence-corrected chi connectivity index (χ3v) is 3.66. The molecule has 1 N–H and O–H groups in total. The normalized spacial score (nSPS) is 13.3. The zero-order chi connectivity index (χ0) is 13.7. The first-order chi connectivity index (χ1) is 8.43. The molecule has 18 heavy (non-hydrogen) atoms. The van der Waals surface area contributed by atoms with Crippen molar-refractivity contribution in [3.8, 4) is 0 Å². The number of rotatable bonds is 6. The fourth-order valence-corrected chi connectivity index (χ4v) is 2.31. The van der Waals surface area contributed by atoms with Crippen LogP contribution >= 0.6 is 15.9 Å². The molecule has 0 heterocycles. The molecule has 102 valence electrons. The summed E-state index contributed by atoms with van der Waals surface area (Å²) in [5.74, 6) is 0.463. The van der Waals surface area contributed by atoms with Crippen molar-refractivity contribution in [2.24, 2.45) is 11.8 Å². The number of hydrogen-bond donors (Lipinski definition) is 1. The molecule has 1 aromatic carbocycles. The van der Waals surface area contributed by atoms with Gasteiger partial charge in [0.05, 0.1) is 0 Å². The maximum absolute atomic E-state index is 13.6. The SMILES string of the molecule is CC(C)C(CO)CN(C)Cc1cc(Br)ccc1F. The van der Waals surface area contributed by atoms with Gasteiger partial charge in [-0.3, -0.25) is 0 Å². The van der Waals surface area contributed by atoms with Gasteiger partial charge in [-0.05, 0) is 37.1 Å². The van der Waals surface area contributed by atoms with Crippen LogP contribution in [0.2, 0.25) is 0 Å². The van der Waals surface area contributed by atoms with E-state index < -0.39 is 0 Å². The fraction of sp³-hybridized carbons (Fsp3) is 0.571. The largest absolute Gasteiger partial charge is 0.396 e. The van der Waals surface area contributed by atoms with E-state index in [1.54, 1.807) is 12.1 Å². The number of halogens is 2. The molecule has 0 aliphatic carbocycles. The molecule has 2 nitrogen and oxygen atoms in total. The third kappa shape index (κ3) is 4.67. The molecule has 0 saturated carbocycles. The molecule has 0 fully saturated rings. The van der Waals surface area contributed by atoms with E-state index >= 15 is 0 Å². The van der Waals surface area contributed by atoms with Gasteiger partial charge in [-0.2, -0.15) is 0 Å². The molecule has 0 aromatic heterocycles. The second kappa shape index (κ2) is 7.22. The smallest absolute Gasteiger partial charge is 0.127 e. The predicted octanol–water partition coefficient (Wildman–Crippen LogP) is 3.28. The highest BCUT2D eigenvalue weighted by atomic mass is 79.9. The van der Waals surface area contributed by atoms with Gasteiger partial charge >= 0.3 is 0 Å². The van der Waals surface area contributed by atoms with Crippen LogP contribution in [0.3, 0.4) is 0 Å². The second-order valence-electron chi connectivity index (χ2n) is 5.12. The van der Waals surface area contributed by atoms with Crippen molar-refractivity contribution in [1.82, 2.24) is 4.90 Å². The Hall–Kier alpha value is -0.450. The van der Waals surface area contributed by atoms with Crippen LogP contribution in [0.15, 0.2) is 22.7 Å². The molecule has 0 saturated heterocycles. The summed E-state index contributed by atoms with van der Waals surface area (Å²) in [6, 6.07) is 4.97. The standard InChI is InChI=1S/C14H21BrFNO/c1-10(2)12(9-18)8-17(3)7-11-6-13(15)4-5-14(11)16/h4-6,10,12,18H,7-9H2,1-3H3. The van der Waals surface area contributed by atoms with Crippen LogP contribution in [0, 0.1) is 17.7 Å². The lowest BCUT2D eigenvalue weighted by Crippen LogP contribution is -2.30. The second-order valence-corrected chi connectivity index (χ2v) is 6.03. The van der Waals surface area contributed by atoms with Gasteiger partial charge in [-0.1, -0.05) is 29.8 Å². The van der Waals surface area contributed by atoms with Crippen LogP contribution in [-0.4, -0.2) is 30.2 Å². The molecule has 0 amide bonds. The quantitative estimate of drug-likeness (QED) is 0.870.